The van der Waals surface area contributed by atoms with Gasteiger partial charge >= 0.3 is 0 Å². The fourth-order valence-corrected chi connectivity index (χ4v) is 3.87. The molecular formula is C22H29NO2S. The van der Waals surface area contributed by atoms with Crippen molar-refractivity contribution in [1.82, 2.24) is 5.32 Å². The van der Waals surface area contributed by atoms with Crippen LogP contribution in [-0.4, -0.2) is 18.3 Å². The summed E-state index contributed by atoms with van der Waals surface area (Å²) in [5, 5.41) is 3.01. The Kier molecular flexibility index (Phi) is 7.15. The standard InChI is InChI=1S/C22H29NO2S/c1-14(2)19-13-20(15(3)12-21(19)25-6)16(4)23-22(24)17(5)26-18-10-8-7-9-11-18/h7-14,16-17H,1-6H3,(H,23,24)/t16-,17+/m0/s1. The Bertz CT molecular complexity index is 743. The van der Waals surface area contributed by atoms with Crippen LogP contribution in [-0.2, 0) is 4.79 Å². The summed E-state index contributed by atoms with van der Waals surface area (Å²) in [5.74, 6) is 1.32. The van der Waals surface area contributed by atoms with Crippen LogP contribution in [0.5, 0.6) is 5.75 Å². The van der Waals surface area contributed by atoms with Crippen molar-refractivity contribution in [3.8, 4) is 5.75 Å². The molecule has 140 valence electrons. The predicted molar refractivity (Wildman–Crippen MR) is 110 cm³/mol. The van der Waals surface area contributed by atoms with E-state index in [1.807, 2.05) is 44.2 Å². The molecule has 1 N–H and O–H groups in total. The monoisotopic (exact) mass is 371 g/mol. The van der Waals surface area contributed by atoms with Crippen LogP contribution in [0.15, 0.2) is 47.4 Å². The predicted octanol–water partition coefficient (Wildman–Crippen LogP) is 5.49. The molecule has 2 atom stereocenters. The Balaban J connectivity index is 2.12. The van der Waals surface area contributed by atoms with Gasteiger partial charge in [0.05, 0.1) is 18.4 Å². The lowest BCUT2D eigenvalue weighted by Crippen LogP contribution is -2.33. The quantitative estimate of drug-likeness (QED) is 0.655. The van der Waals surface area contributed by atoms with Crippen molar-refractivity contribution in [2.75, 3.05) is 7.11 Å². The maximum atomic E-state index is 12.6. The summed E-state index contributed by atoms with van der Waals surface area (Å²) in [4.78, 5) is 13.7. The van der Waals surface area contributed by atoms with Gasteiger partial charge in [0.25, 0.3) is 0 Å². The molecule has 2 aromatic carbocycles. The minimum Gasteiger partial charge on any atom is -0.496 e. The highest BCUT2D eigenvalue weighted by Crippen LogP contribution is 2.32. The minimum absolute atomic E-state index is 0.0488. The normalized spacial score (nSPS) is 13.3. The van der Waals surface area contributed by atoms with Crippen LogP contribution in [0.1, 0.15) is 56.3 Å². The summed E-state index contributed by atoms with van der Waals surface area (Å²) in [7, 11) is 1.70. The van der Waals surface area contributed by atoms with Crippen molar-refractivity contribution in [2.24, 2.45) is 0 Å². The van der Waals surface area contributed by atoms with Gasteiger partial charge in [-0.2, -0.15) is 0 Å². The highest BCUT2D eigenvalue weighted by atomic mass is 32.2. The zero-order chi connectivity index (χ0) is 19.3. The molecule has 26 heavy (non-hydrogen) atoms. The molecule has 3 nitrogen and oxygen atoms in total. The van der Waals surface area contributed by atoms with Gasteiger partial charge in [0.1, 0.15) is 5.75 Å². The first-order chi connectivity index (χ1) is 12.3. The van der Waals surface area contributed by atoms with Crippen LogP contribution >= 0.6 is 11.8 Å². The number of benzene rings is 2. The van der Waals surface area contributed by atoms with Gasteiger partial charge in [-0.1, -0.05) is 32.0 Å². The molecule has 0 aromatic heterocycles. The molecule has 0 aliphatic heterocycles. The number of hydrogen-bond donors (Lipinski definition) is 1. The fourth-order valence-electron chi connectivity index (χ4n) is 2.98. The highest BCUT2D eigenvalue weighted by Gasteiger charge is 2.20. The van der Waals surface area contributed by atoms with E-state index in [2.05, 4.69) is 38.2 Å². The molecule has 0 fully saturated rings. The number of rotatable bonds is 7. The van der Waals surface area contributed by atoms with E-state index in [0.29, 0.717) is 5.92 Å². The van der Waals surface area contributed by atoms with Gasteiger partial charge in [-0.25, -0.2) is 0 Å². The third kappa shape index (κ3) is 5.04. The number of aryl methyl sites for hydroxylation is 1. The number of carbonyl (C=O) groups excluding carboxylic acids is 1. The molecule has 2 rings (SSSR count). The van der Waals surface area contributed by atoms with Crippen LogP contribution in [0, 0.1) is 6.92 Å². The molecule has 0 heterocycles. The second kappa shape index (κ2) is 9.13. The highest BCUT2D eigenvalue weighted by molar-refractivity contribution is 8.00. The third-order valence-corrected chi connectivity index (χ3v) is 5.60. The zero-order valence-corrected chi connectivity index (χ0v) is 17.3. The largest absolute Gasteiger partial charge is 0.496 e. The molecule has 0 unspecified atom stereocenters. The van der Waals surface area contributed by atoms with E-state index in [0.717, 1.165) is 21.8 Å². The summed E-state index contributed by atoms with van der Waals surface area (Å²) in [6, 6.07) is 14.2. The van der Waals surface area contributed by atoms with Crippen molar-refractivity contribution in [3.05, 3.63) is 59.2 Å². The first-order valence-electron chi connectivity index (χ1n) is 9.04. The Hall–Kier alpha value is -1.94. The third-order valence-electron chi connectivity index (χ3n) is 4.49. The van der Waals surface area contributed by atoms with Gasteiger partial charge in [-0.3, -0.25) is 4.79 Å². The fraction of sp³-hybridized carbons (Fsp3) is 0.409. The van der Waals surface area contributed by atoms with Gasteiger partial charge < -0.3 is 10.1 Å². The second-order valence-corrected chi connectivity index (χ2v) is 8.32. The number of carbonyl (C=O) groups is 1. The van der Waals surface area contributed by atoms with E-state index in [4.69, 9.17) is 4.74 Å². The SMILES string of the molecule is COc1cc(C)c([C@H](C)NC(=O)[C@@H](C)Sc2ccccc2)cc1C(C)C. The first-order valence-corrected chi connectivity index (χ1v) is 9.92. The molecule has 0 saturated heterocycles. The van der Waals surface area contributed by atoms with Crippen molar-refractivity contribution >= 4 is 17.7 Å². The smallest absolute Gasteiger partial charge is 0.233 e. The van der Waals surface area contributed by atoms with Gasteiger partial charge in [-0.15, -0.1) is 11.8 Å². The van der Waals surface area contributed by atoms with E-state index >= 15 is 0 Å². The Labute approximate surface area is 161 Å². The maximum Gasteiger partial charge on any atom is 0.233 e. The number of methoxy groups -OCH3 is 1. The summed E-state index contributed by atoms with van der Waals surface area (Å²) in [6.45, 7) is 10.3. The van der Waals surface area contributed by atoms with E-state index in [1.165, 1.54) is 5.56 Å². The number of nitrogens with one attached hydrogen (secondary N) is 1. The van der Waals surface area contributed by atoms with Crippen molar-refractivity contribution in [1.29, 1.82) is 0 Å². The van der Waals surface area contributed by atoms with Gasteiger partial charge in [0.2, 0.25) is 5.91 Å². The Morgan fingerprint density at radius 1 is 1.04 bits per heavy atom. The van der Waals surface area contributed by atoms with Crippen molar-refractivity contribution in [2.45, 2.75) is 56.7 Å². The van der Waals surface area contributed by atoms with Crippen LogP contribution in [0.3, 0.4) is 0 Å². The number of hydrogen-bond acceptors (Lipinski definition) is 3. The Morgan fingerprint density at radius 3 is 2.27 bits per heavy atom. The molecule has 4 heteroatoms. The summed E-state index contributed by atoms with van der Waals surface area (Å²) in [5.41, 5.74) is 3.43. The second-order valence-electron chi connectivity index (χ2n) is 6.91. The number of amides is 1. The van der Waals surface area contributed by atoms with Crippen LogP contribution < -0.4 is 10.1 Å². The summed E-state index contributed by atoms with van der Waals surface area (Å²) >= 11 is 1.58. The molecule has 0 saturated carbocycles. The lowest BCUT2D eigenvalue weighted by Gasteiger charge is -2.22. The average molecular weight is 372 g/mol. The minimum atomic E-state index is -0.150. The maximum absolute atomic E-state index is 12.6. The number of ether oxygens (including phenoxy) is 1. The first kappa shape index (κ1) is 20.4. The van der Waals surface area contributed by atoms with Gasteiger partial charge in [0, 0.05) is 4.90 Å². The Morgan fingerprint density at radius 2 is 1.69 bits per heavy atom. The molecule has 0 aliphatic rings. The molecule has 0 bridgehead atoms. The molecule has 0 spiro atoms. The molecular weight excluding hydrogens is 342 g/mol. The molecule has 0 radical (unpaired) electrons. The lowest BCUT2D eigenvalue weighted by atomic mass is 9.93. The molecule has 1 amide bonds. The van der Waals surface area contributed by atoms with Gasteiger partial charge in [-0.05, 0) is 67.6 Å². The van der Waals surface area contributed by atoms with E-state index in [1.54, 1.807) is 18.9 Å². The summed E-state index contributed by atoms with van der Waals surface area (Å²) in [6.07, 6.45) is 0. The summed E-state index contributed by atoms with van der Waals surface area (Å²) < 4.78 is 5.52. The van der Waals surface area contributed by atoms with E-state index in [9.17, 15) is 4.79 Å². The average Bonchev–Trinajstić information content (AvgIpc) is 2.61. The topological polar surface area (TPSA) is 38.3 Å². The zero-order valence-electron chi connectivity index (χ0n) is 16.5. The van der Waals surface area contributed by atoms with Crippen molar-refractivity contribution < 1.29 is 9.53 Å². The van der Waals surface area contributed by atoms with Crippen molar-refractivity contribution in [3.63, 3.8) is 0 Å². The van der Waals surface area contributed by atoms with E-state index in [-0.39, 0.29) is 17.2 Å². The van der Waals surface area contributed by atoms with Gasteiger partial charge in [0.15, 0.2) is 0 Å². The van der Waals surface area contributed by atoms with Crippen LogP contribution in [0.4, 0.5) is 0 Å². The van der Waals surface area contributed by atoms with Crippen LogP contribution in [0.25, 0.3) is 0 Å². The molecule has 2 aromatic rings. The number of thioether (sulfide) groups is 1. The molecule has 0 aliphatic carbocycles. The lowest BCUT2D eigenvalue weighted by molar-refractivity contribution is -0.120. The van der Waals surface area contributed by atoms with E-state index < -0.39 is 0 Å². The van der Waals surface area contributed by atoms with Crippen LogP contribution in [0.2, 0.25) is 0 Å².